The lowest BCUT2D eigenvalue weighted by molar-refractivity contribution is 0.0697. The van der Waals surface area contributed by atoms with E-state index in [1.165, 1.54) is 11.4 Å². The molecule has 1 atom stereocenters. The normalized spacial score (nSPS) is 17.8. The maximum absolute atomic E-state index is 11.2. The Labute approximate surface area is 162 Å². The molecule has 1 aromatic carbocycles. The third-order valence-corrected chi connectivity index (χ3v) is 6.24. The number of aryl methyl sites for hydroxylation is 2. The fourth-order valence-electron chi connectivity index (χ4n) is 3.95. The number of carbonyl (C=O) groups is 1. The minimum absolute atomic E-state index is 0.287. The first-order valence-electron chi connectivity index (χ1n) is 9.39. The van der Waals surface area contributed by atoms with Gasteiger partial charge in [0.2, 0.25) is 0 Å². The summed E-state index contributed by atoms with van der Waals surface area (Å²) in [6.07, 6.45) is 2.25. The van der Waals surface area contributed by atoms with E-state index in [2.05, 4.69) is 26.8 Å². The van der Waals surface area contributed by atoms with Gasteiger partial charge in [-0.1, -0.05) is 0 Å². The summed E-state index contributed by atoms with van der Waals surface area (Å²) in [5.74, 6) is 0.749. The summed E-state index contributed by atoms with van der Waals surface area (Å²) in [5.41, 5.74) is 3.17. The molecule has 27 heavy (non-hydrogen) atoms. The van der Waals surface area contributed by atoms with E-state index in [0.717, 1.165) is 55.2 Å². The van der Waals surface area contributed by atoms with Crippen molar-refractivity contribution in [3.8, 4) is 0 Å². The number of carboxylic acid groups (broad SMARTS) is 1. The molecule has 1 N–H and O–H groups in total. The SMILES string of the molecule is CCn1c(CN2CCC(Cc3nc(C)cs3)C2)nc2cc(C(=O)O)ccc21. The van der Waals surface area contributed by atoms with Crippen LogP contribution in [0.25, 0.3) is 11.0 Å². The van der Waals surface area contributed by atoms with Crippen molar-refractivity contribution in [2.75, 3.05) is 13.1 Å². The molecule has 0 spiro atoms. The fraction of sp³-hybridized carbons (Fsp3) is 0.450. The average molecular weight is 385 g/mol. The van der Waals surface area contributed by atoms with E-state index in [1.807, 2.05) is 13.0 Å². The van der Waals surface area contributed by atoms with Gasteiger partial charge in [0.05, 0.1) is 28.1 Å². The van der Waals surface area contributed by atoms with E-state index in [9.17, 15) is 9.90 Å². The molecule has 1 unspecified atom stereocenters. The van der Waals surface area contributed by atoms with Gasteiger partial charge in [-0.25, -0.2) is 14.8 Å². The number of likely N-dealkylation sites (tertiary alicyclic amines) is 1. The van der Waals surface area contributed by atoms with Gasteiger partial charge in [-0.3, -0.25) is 4.90 Å². The third-order valence-electron chi connectivity index (χ3n) is 5.26. The van der Waals surface area contributed by atoms with Crippen molar-refractivity contribution in [1.82, 2.24) is 19.4 Å². The van der Waals surface area contributed by atoms with Crippen LogP contribution in [0, 0.1) is 12.8 Å². The van der Waals surface area contributed by atoms with Crippen LogP contribution in [-0.2, 0) is 19.5 Å². The first kappa shape index (κ1) is 18.1. The van der Waals surface area contributed by atoms with E-state index < -0.39 is 5.97 Å². The van der Waals surface area contributed by atoms with Gasteiger partial charge in [-0.05, 0) is 50.9 Å². The Morgan fingerprint density at radius 2 is 2.22 bits per heavy atom. The van der Waals surface area contributed by atoms with Gasteiger partial charge in [-0.15, -0.1) is 11.3 Å². The third kappa shape index (κ3) is 3.75. The second kappa shape index (κ2) is 7.40. The highest BCUT2D eigenvalue weighted by Gasteiger charge is 2.25. The zero-order valence-corrected chi connectivity index (χ0v) is 16.5. The monoisotopic (exact) mass is 384 g/mol. The molecule has 7 heteroatoms. The van der Waals surface area contributed by atoms with E-state index in [0.29, 0.717) is 5.92 Å². The molecule has 3 aromatic rings. The zero-order valence-electron chi connectivity index (χ0n) is 15.7. The van der Waals surface area contributed by atoms with Crippen molar-refractivity contribution >= 4 is 28.3 Å². The first-order valence-corrected chi connectivity index (χ1v) is 10.3. The molecule has 2 aromatic heterocycles. The summed E-state index contributed by atoms with van der Waals surface area (Å²) in [7, 11) is 0. The van der Waals surface area contributed by atoms with Gasteiger partial charge in [0.25, 0.3) is 0 Å². The second-order valence-electron chi connectivity index (χ2n) is 7.26. The van der Waals surface area contributed by atoms with Crippen LogP contribution in [0.4, 0.5) is 0 Å². The quantitative estimate of drug-likeness (QED) is 0.703. The van der Waals surface area contributed by atoms with Crippen molar-refractivity contribution in [3.63, 3.8) is 0 Å². The highest BCUT2D eigenvalue weighted by molar-refractivity contribution is 7.09. The second-order valence-corrected chi connectivity index (χ2v) is 8.20. The lowest BCUT2D eigenvalue weighted by Crippen LogP contribution is -2.23. The molecule has 1 fully saturated rings. The molecule has 142 valence electrons. The largest absolute Gasteiger partial charge is 0.478 e. The number of imidazole rings is 1. The highest BCUT2D eigenvalue weighted by atomic mass is 32.1. The predicted molar refractivity (Wildman–Crippen MR) is 106 cm³/mol. The summed E-state index contributed by atoms with van der Waals surface area (Å²) in [5, 5.41) is 12.6. The number of hydrogen-bond donors (Lipinski definition) is 1. The maximum atomic E-state index is 11.2. The Balaban J connectivity index is 1.49. The number of carboxylic acids is 1. The maximum Gasteiger partial charge on any atom is 0.335 e. The topological polar surface area (TPSA) is 71.2 Å². The number of nitrogens with zero attached hydrogens (tertiary/aromatic N) is 4. The van der Waals surface area contributed by atoms with Crippen molar-refractivity contribution in [2.45, 2.75) is 39.8 Å². The molecule has 0 aliphatic carbocycles. The Kier molecular flexibility index (Phi) is 4.97. The smallest absolute Gasteiger partial charge is 0.335 e. The van der Waals surface area contributed by atoms with Crippen LogP contribution in [0.1, 0.15) is 40.2 Å². The van der Waals surface area contributed by atoms with Crippen LogP contribution in [0.15, 0.2) is 23.6 Å². The number of benzene rings is 1. The molecule has 3 heterocycles. The summed E-state index contributed by atoms with van der Waals surface area (Å²) >= 11 is 1.76. The number of hydrogen-bond acceptors (Lipinski definition) is 5. The highest BCUT2D eigenvalue weighted by Crippen LogP contribution is 2.25. The summed E-state index contributed by atoms with van der Waals surface area (Å²) in [6, 6.07) is 5.20. The molecule has 0 amide bonds. The Morgan fingerprint density at radius 3 is 2.93 bits per heavy atom. The van der Waals surface area contributed by atoms with E-state index in [1.54, 1.807) is 23.5 Å². The molecular formula is C20H24N4O2S. The van der Waals surface area contributed by atoms with Crippen molar-refractivity contribution in [1.29, 1.82) is 0 Å². The Hall–Kier alpha value is -2.25. The molecule has 0 radical (unpaired) electrons. The Morgan fingerprint density at radius 1 is 1.37 bits per heavy atom. The number of fused-ring (bicyclic) bond motifs is 1. The summed E-state index contributed by atoms with van der Waals surface area (Å²) in [6.45, 7) is 7.92. The van der Waals surface area contributed by atoms with Crippen LogP contribution in [-0.4, -0.2) is 43.6 Å². The average Bonchev–Trinajstić information content (AvgIpc) is 3.33. The van der Waals surface area contributed by atoms with Crippen molar-refractivity contribution in [3.05, 3.63) is 45.7 Å². The van der Waals surface area contributed by atoms with Gasteiger partial charge in [0.15, 0.2) is 0 Å². The van der Waals surface area contributed by atoms with E-state index >= 15 is 0 Å². The number of thiazole rings is 1. The molecule has 1 aliphatic rings. The minimum atomic E-state index is -0.913. The molecule has 1 aliphatic heterocycles. The summed E-state index contributed by atoms with van der Waals surface area (Å²) in [4.78, 5) is 23.0. The van der Waals surface area contributed by atoms with Gasteiger partial charge in [-0.2, -0.15) is 0 Å². The van der Waals surface area contributed by atoms with Gasteiger partial charge >= 0.3 is 5.97 Å². The Bertz CT molecular complexity index is 978. The lowest BCUT2D eigenvalue weighted by Gasteiger charge is -2.16. The fourth-order valence-corrected chi connectivity index (χ4v) is 4.84. The number of aromatic nitrogens is 3. The van der Waals surface area contributed by atoms with Gasteiger partial charge in [0.1, 0.15) is 5.82 Å². The van der Waals surface area contributed by atoms with Gasteiger partial charge < -0.3 is 9.67 Å². The molecule has 0 bridgehead atoms. The predicted octanol–water partition coefficient (Wildman–Crippen LogP) is 3.58. The number of aromatic carboxylic acids is 1. The van der Waals surface area contributed by atoms with Crippen LogP contribution in [0.3, 0.4) is 0 Å². The van der Waals surface area contributed by atoms with E-state index in [4.69, 9.17) is 4.98 Å². The van der Waals surface area contributed by atoms with E-state index in [-0.39, 0.29) is 5.56 Å². The van der Waals surface area contributed by atoms with Crippen LogP contribution in [0.5, 0.6) is 0 Å². The van der Waals surface area contributed by atoms with Crippen molar-refractivity contribution in [2.24, 2.45) is 5.92 Å². The molecule has 4 rings (SSSR count). The van der Waals surface area contributed by atoms with Crippen LogP contribution < -0.4 is 0 Å². The van der Waals surface area contributed by atoms with Gasteiger partial charge in [0, 0.05) is 30.6 Å². The zero-order chi connectivity index (χ0) is 19.0. The van der Waals surface area contributed by atoms with Crippen molar-refractivity contribution < 1.29 is 9.90 Å². The standard InChI is InChI=1S/C20H24N4O2S/c1-3-24-17-5-4-15(20(25)26)9-16(17)22-18(24)11-23-7-6-14(10-23)8-19-21-13(2)12-27-19/h4-5,9,12,14H,3,6-8,10-11H2,1-2H3,(H,25,26). The molecule has 0 saturated carbocycles. The minimum Gasteiger partial charge on any atom is -0.478 e. The number of rotatable bonds is 6. The molecule has 1 saturated heterocycles. The first-order chi connectivity index (χ1) is 13.0. The van der Waals surface area contributed by atoms with Crippen LogP contribution >= 0.6 is 11.3 Å². The van der Waals surface area contributed by atoms with Crippen LogP contribution in [0.2, 0.25) is 0 Å². The lowest BCUT2D eigenvalue weighted by atomic mass is 10.1. The summed E-state index contributed by atoms with van der Waals surface area (Å²) < 4.78 is 2.19. The molecule has 6 nitrogen and oxygen atoms in total. The molecular weight excluding hydrogens is 360 g/mol.